The van der Waals surface area contributed by atoms with Crippen LogP contribution in [0.3, 0.4) is 0 Å². The molecule has 0 aliphatic carbocycles. The van der Waals surface area contributed by atoms with Gasteiger partial charge in [-0.3, -0.25) is 4.79 Å². The Bertz CT molecular complexity index is 1270. The van der Waals surface area contributed by atoms with Crippen molar-refractivity contribution in [2.24, 2.45) is 5.92 Å². The highest BCUT2D eigenvalue weighted by atomic mass is 35.5. The standard InChI is InChI=1S/C23H27Cl2N3O5S2/c24-21-7-6-18(16-22(21)25)17-34(30,31)27-10-8-19(9-11-27)23(29)26-12-14-28(15-13-26)35(32,33)20-4-2-1-3-5-20/h1-7,16,19H,8-15,17H2. The molecule has 2 saturated heterocycles. The molecule has 0 aromatic heterocycles. The fourth-order valence-corrected chi connectivity index (χ4v) is 7.78. The van der Waals surface area contributed by atoms with Gasteiger partial charge in [0, 0.05) is 45.2 Å². The van der Waals surface area contributed by atoms with Gasteiger partial charge in [-0.05, 0) is 42.7 Å². The van der Waals surface area contributed by atoms with Crippen molar-refractivity contribution in [2.75, 3.05) is 39.3 Å². The number of carbonyl (C=O) groups excluding carboxylic acids is 1. The lowest BCUT2D eigenvalue weighted by Gasteiger charge is -2.37. The van der Waals surface area contributed by atoms with E-state index in [2.05, 4.69) is 0 Å². The quantitative estimate of drug-likeness (QED) is 0.542. The predicted molar refractivity (Wildman–Crippen MR) is 135 cm³/mol. The van der Waals surface area contributed by atoms with E-state index < -0.39 is 20.0 Å². The van der Waals surface area contributed by atoms with Crippen LogP contribution in [0, 0.1) is 5.92 Å². The number of nitrogens with zero attached hydrogens (tertiary/aromatic N) is 3. The van der Waals surface area contributed by atoms with Crippen LogP contribution in [0.1, 0.15) is 18.4 Å². The summed E-state index contributed by atoms with van der Waals surface area (Å²) in [6.07, 6.45) is 0.865. The predicted octanol–water partition coefficient (Wildman–Crippen LogP) is 3.07. The maximum Gasteiger partial charge on any atom is 0.243 e. The molecule has 2 fully saturated rings. The van der Waals surface area contributed by atoms with Crippen molar-refractivity contribution in [3.05, 3.63) is 64.1 Å². The van der Waals surface area contributed by atoms with Crippen molar-refractivity contribution in [1.82, 2.24) is 13.5 Å². The lowest BCUT2D eigenvalue weighted by Crippen LogP contribution is -2.53. The van der Waals surface area contributed by atoms with E-state index in [1.807, 2.05) is 0 Å². The van der Waals surface area contributed by atoms with Crippen LogP contribution in [0.15, 0.2) is 53.4 Å². The zero-order valence-corrected chi connectivity index (χ0v) is 22.2. The molecule has 2 heterocycles. The average Bonchev–Trinajstić information content (AvgIpc) is 2.86. The molecule has 0 unspecified atom stereocenters. The Morgan fingerprint density at radius 1 is 0.800 bits per heavy atom. The summed E-state index contributed by atoms with van der Waals surface area (Å²) in [7, 11) is -7.14. The largest absolute Gasteiger partial charge is 0.340 e. The van der Waals surface area contributed by atoms with E-state index in [9.17, 15) is 21.6 Å². The van der Waals surface area contributed by atoms with Gasteiger partial charge in [-0.25, -0.2) is 21.1 Å². The molecule has 2 aromatic carbocycles. The van der Waals surface area contributed by atoms with Gasteiger partial charge < -0.3 is 4.90 Å². The zero-order valence-electron chi connectivity index (χ0n) is 19.0. The van der Waals surface area contributed by atoms with Crippen LogP contribution in [0.2, 0.25) is 10.0 Å². The van der Waals surface area contributed by atoms with E-state index in [0.717, 1.165) is 0 Å². The Labute approximate surface area is 216 Å². The third kappa shape index (κ3) is 6.00. The lowest BCUT2D eigenvalue weighted by molar-refractivity contribution is -0.137. The fraction of sp³-hybridized carbons (Fsp3) is 0.435. The molecule has 2 aliphatic rings. The molecule has 0 spiro atoms. The van der Waals surface area contributed by atoms with Crippen molar-refractivity contribution in [3.63, 3.8) is 0 Å². The summed E-state index contributed by atoms with van der Waals surface area (Å²) in [6.45, 7) is 1.64. The molecule has 35 heavy (non-hydrogen) atoms. The summed E-state index contributed by atoms with van der Waals surface area (Å²) in [4.78, 5) is 15.0. The molecule has 0 bridgehead atoms. The van der Waals surface area contributed by atoms with Crippen molar-refractivity contribution in [1.29, 1.82) is 0 Å². The van der Waals surface area contributed by atoms with E-state index in [1.165, 1.54) is 8.61 Å². The smallest absolute Gasteiger partial charge is 0.243 e. The summed E-state index contributed by atoms with van der Waals surface area (Å²) in [5.41, 5.74) is 0.556. The number of hydrogen-bond donors (Lipinski definition) is 0. The van der Waals surface area contributed by atoms with Gasteiger partial charge in [-0.1, -0.05) is 47.5 Å². The number of piperazine rings is 1. The maximum atomic E-state index is 13.1. The van der Waals surface area contributed by atoms with Crippen LogP contribution in [0.4, 0.5) is 0 Å². The van der Waals surface area contributed by atoms with Crippen LogP contribution in [-0.2, 0) is 30.6 Å². The molecule has 0 radical (unpaired) electrons. The number of amides is 1. The second kappa shape index (κ2) is 10.7. The van der Waals surface area contributed by atoms with E-state index in [1.54, 1.807) is 53.4 Å². The molecule has 0 atom stereocenters. The highest BCUT2D eigenvalue weighted by Gasteiger charge is 2.36. The second-order valence-corrected chi connectivity index (χ2v) is 13.4. The minimum absolute atomic E-state index is 0.0386. The number of sulfonamides is 2. The van der Waals surface area contributed by atoms with Crippen molar-refractivity contribution in [3.8, 4) is 0 Å². The van der Waals surface area contributed by atoms with E-state index in [0.29, 0.717) is 41.5 Å². The Balaban J connectivity index is 1.30. The zero-order chi connectivity index (χ0) is 25.2. The number of hydrogen-bond acceptors (Lipinski definition) is 5. The molecular weight excluding hydrogens is 533 g/mol. The normalized spacial score (nSPS) is 19.1. The lowest BCUT2D eigenvalue weighted by atomic mass is 9.96. The molecule has 12 heteroatoms. The maximum absolute atomic E-state index is 13.1. The van der Waals surface area contributed by atoms with Gasteiger partial charge in [0.15, 0.2) is 0 Å². The van der Waals surface area contributed by atoms with Gasteiger partial charge in [0.25, 0.3) is 0 Å². The molecule has 4 rings (SSSR count). The summed E-state index contributed by atoms with van der Waals surface area (Å²) in [5, 5.41) is 0.672. The third-order valence-electron chi connectivity index (χ3n) is 6.46. The molecule has 1 amide bonds. The number of rotatable bonds is 6. The third-order valence-corrected chi connectivity index (χ3v) is 11.0. The van der Waals surface area contributed by atoms with Crippen LogP contribution < -0.4 is 0 Å². The Morgan fingerprint density at radius 2 is 1.43 bits per heavy atom. The van der Waals surface area contributed by atoms with Gasteiger partial charge in [-0.15, -0.1) is 0 Å². The molecule has 2 aliphatic heterocycles. The number of halogens is 2. The number of benzene rings is 2. The summed E-state index contributed by atoms with van der Waals surface area (Å²) in [5.74, 6) is -0.493. The van der Waals surface area contributed by atoms with E-state index in [-0.39, 0.29) is 48.7 Å². The molecule has 190 valence electrons. The van der Waals surface area contributed by atoms with Gasteiger partial charge in [0.1, 0.15) is 0 Å². The number of piperidine rings is 1. The van der Waals surface area contributed by atoms with Crippen molar-refractivity contribution in [2.45, 2.75) is 23.5 Å². The van der Waals surface area contributed by atoms with Gasteiger partial charge >= 0.3 is 0 Å². The Kier molecular flexibility index (Phi) is 8.09. The monoisotopic (exact) mass is 559 g/mol. The van der Waals surface area contributed by atoms with Gasteiger partial charge in [-0.2, -0.15) is 4.31 Å². The topological polar surface area (TPSA) is 95.1 Å². The van der Waals surface area contributed by atoms with Crippen LogP contribution >= 0.6 is 23.2 Å². The van der Waals surface area contributed by atoms with E-state index in [4.69, 9.17) is 23.2 Å². The first kappa shape index (κ1) is 26.4. The SMILES string of the molecule is O=C(C1CCN(S(=O)(=O)Cc2ccc(Cl)c(Cl)c2)CC1)N1CCN(S(=O)(=O)c2ccccc2)CC1. The van der Waals surface area contributed by atoms with Crippen molar-refractivity contribution >= 4 is 49.2 Å². The summed E-state index contributed by atoms with van der Waals surface area (Å²) >= 11 is 11.9. The summed E-state index contributed by atoms with van der Waals surface area (Å²) in [6, 6.07) is 13.0. The second-order valence-electron chi connectivity index (χ2n) is 8.72. The minimum atomic E-state index is -3.58. The first-order chi connectivity index (χ1) is 16.6. The van der Waals surface area contributed by atoms with Crippen LogP contribution in [0.25, 0.3) is 0 Å². The van der Waals surface area contributed by atoms with Gasteiger partial charge in [0.05, 0.1) is 20.7 Å². The highest BCUT2D eigenvalue weighted by molar-refractivity contribution is 7.89. The van der Waals surface area contributed by atoms with Gasteiger partial charge in [0.2, 0.25) is 26.0 Å². The molecule has 0 N–H and O–H groups in total. The van der Waals surface area contributed by atoms with Crippen molar-refractivity contribution < 1.29 is 21.6 Å². The van der Waals surface area contributed by atoms with Crippen LogP contribution in [-0.4, -0.2) is 75.5 Å². The first-order valence-corrected chi connectivity index (χ1v) is 15.1. The number of carbonyl (C=O) groups is 1. The fourth-order valence-electron chi connectivity index (χ4n) is 4.46. The molecule has 2 aromatic rings. The summed E-state index contributed by atoms with van der Waals surface area (Å²) < 4.78 is 54.2. The Morgan fingerprint density at radius 3 is 2.03 bits per heavy atom. The van der Waals surface area contributed by atoms with E-state index >= 15 is 0 Å². The Hall–Kier alpha value is -1.69. The molecular formula is C23H27Cl2N3O5S2. The average molecular weight is 561 g/mol. The molecule has 0 saturated carbocycles. The molecule has 8 nitrogen and oxygen atoms in total. The minimum Gasteiger partial charge on any atom is -0.340 e. The van der Waals surface area contributed by atoms with Crippen LogP contribution in [0.5, 0.6) is 0 Å². The highest BCUT2D eigenvalue weighted by Crippen LogP contribution is 2.27. The first-order valence-electron chi connectivity index (χ1n) is 11.3.